The molecule has 0 amide bonds. The van der Waals surface area contributed by atoms with Crippen LogP contribution in [0.25, 0.3) is 0 Å². The minimum atomic E-state index is -0.500. The Kier molecular flexibility index (Phi) is 41.9. The molecule has 0 rings (SSSR count). The number of hydrogen-bond acceptors (Lipinski definition) is 4. The quantitative estimate of drug-likeness (QED) is 0.347. The van der Waals surface area contributed by atoms with E-state index < -0.39 is 10.3 Å². The van der Waals surface area contributed by atoms with Gasteiger partial charge in [-0.3, -0.25) is 4.79 Å². The van der Waals surface area contributed by atoms with Crippen LogP contribution in [0.15, 0.2) is 0 Å². The van der Waals surface area contributed by atoms with Crippen LogP contribution in [0.1, 0.15) is 46.5 Å². The minimum absolute atomic E-state index is 0.482. The number of carbonyl (C=O) groups excluding carboxylic acids is 1. The Morgan fingerprint density at radius 1 is 1.05 bits per heavy atom. The largest absolute Gasteiger partial charge is 0.487 e. The summed E-state index contributed by atoms with van der Waals surface area (Å²) in [6.07, 6.45) is 4.69. The van der Waals surface area contributed by atoms with Crippen molar-refractivity contribution in [3.63, 3.8) is 0 Å². The third kappa shape index (κ3) is 251. The van der Waals surface area contributed by atoms with Gasteiger partial charge in [0, 0.05) is 0 Å². The fraction of sp³-hybridized carbons (Fsp3) is 0.727. The van der Waals surface area contributed by atoms with E-state index in [2.05, 4.69) is 54.5 Å². The molecule has 0 aromatic rings. The molecular formula is C11H26N2O4S2. The number of aliphatic hydroxyl groups is 2. The van der Waals surface area contributed by atoms with Crippen molar-refractivity contribution in [1.29, 1.82) is 0 Å². The van der Waals surface area contributed by atoms with Crippen molar-refractivity contribution in [2.24, 2.45) is 11.5 Å². The molecule has 0 heterocycles. The molecule has 6 nitrogen and oxygen atoms in total. The number of rotatable bonds is 5. The average Bonchev–Trinajstić information content (AvgIpc) is 2.29. The van der Waals surface area contributed by atoms with E-state index in [0.717, 1.165) is 12.8 Å². The lowest BCUT2D eigenvalue weighted by Gasteiger charge is -1.90. The Morgan fingerprint density at radius 3 is 1.53 bits per heavy atom. The van der Waals surface area contributed by atoms with Crippen molar-refractivity contribution in [1.82, 2.24) is 0 Å². The number of ether oxygens (including phenoxy) is 1. The molecule has 0 aliphatic rings. The summed E-state index contributed by atoms with van der Waals surface area (Å²) >= 11 is 7.74. The Morgan fingerprint density at radius 2 is 1.37 bits per heavy atom. The maximum Gasteiger partial charge on any atom is 0.293 e. The summed E-state index contributed by atoms with van der Waals surface area (Å²) in [4.78, 5) is 9.46. The highest BCUT2D eigenvalue weighted by atomic mass is 32.1. The molecule has 0 saturated heterocycles. The first-order valence-electron chi connectivity index (χ1n) is 5.81. The van der Waals surface area contributed by atoms with Crippen LogP contribution < -0.4 is 11.5 Å². The highest BCUT2D eigenvalue weighted by Crippen LogP contribution is 1.83. The fourth-order valence-electron chi connectivity index (χ4n) is 0.276. The van der Waals surface area contributed by atoms with E-state index in [-0.39, 0.29) is 0 Å². The van der Waals surface area contributed by atoms with Crippen molar-refractivity contribution in [3.8, 4) is 0 Å². The van der Waals surface area contributed by atoms with E-state index >= 15 is 0 Å². The number of thiocarbonyl (C=S) groups is 2. The summed E-state index contributed by atoms with van der Waals surface area (Å²) in [6, 6.07) is 0. The second-order valence-corrected chi connectivity index (χ2v) is 3.83. The Labute approximate surface area is 126 Å². The van der Waals surface area contributed by atoms with Gasteiger partial charge in [-0.2, -0.15) is 0 Å². The number of nitrogens with two attached hydrogens (primary N) is 2. The van der Waals surface area contributed by atoms with E-state index in [4.69, 9.17) is 10.2 Å². The molecule has 6 N–H and O–H groups in total. The monoisotopic (exact) mass is 314 g/mol. The van der Waals surface area contributed by atoms with Gasteiger partial charge in [0.2, 0.25) is 0 Å². The van der Waals surface area contributed by atoms with Gasteiger partial charge >= 0.3 is 0 Å². The number of aliphatic hydroxyl groups excluding tert-OH is 2. The van der Waals surface area contributed by atoms with Gasteiger partial charge in [-0.15, -0.1) is 0 Å². The van der Waals surface area contributed by atoms with Gasteiger partial charge in [-0.05, 0) is 30.9 Å². The summed E-state index contributed by atoms with van der Waals surface area (Å²) in [7, 11) is 0. The number of hydrogen-bond donors (Lipinski definition) is 4. The Bertz CT molecular complexity index is 183. The van der Waals surface area contributed by atoms with E-state index in [1.165, 1.54) is 12.8 Å². The van der Waals surface area contributed by atoms with Gasteiger partial charge in [0.05, 0.1) is 6.61 Å². The predicted octanol–water partition coefficient (Wildman–Crippen LogP) is 2.34. The van der Waals surface area contributed by atoms with Crippen LogP contribution in [-0.2, 0) is 9.53 Å². The molecule has 0 aromatic heterocycles. The molecule has 116 valence electrons. The zero-order chi connectivity index (χ0) is 16.1. The van der Waals surface area contributed by atoms with Gasteiger partial charge in [0.15, 0.2) is 0 Å². The third-order valence-corrected chi connectivity index (χ3v) is 1.18. The molecule has 0 radical (unpaired) electrons. The maximum atomic E-state index is 9.46. The smallest absolute Gasteiger partial charge is 0.293 e. The zero-order valence-corrected chi connectivity index (χ0v) is 13.4. The first-order valence-corrected chi connectivity index (χ1v) is 6.63. The second-order valence-electron chi connectivity index (χ2n) is 3.00. The van der Waals surface area contributed by atoms with Crippen molar-refractivity contribution in [2.45, 2.75) is 46.5 Å². The van der Waals surface area contributed by atoms with Crippen molar-refractivity contribution in [3.05, 3.63) is 0 Å². The molecule has 0 saturated carbocycles. The van der Waals surface area contributed by atoms with Crippen LogP contribution in [0.2, 0.25) is 0 Å². The van der Waals surface area contributed by atoms with Crippen LogP contribution in [0, 0.1) is 0 Å². The molecule has 0 spiro atoms. The van der Waals surface area contributed by atoms with Crippen LogP contribution in [0.4, 0.5) is 0 Å². The molecule has 8 heteroatoms. The number of carbonyl (C=O) groups is 1. The van der Waals surface area contributed by atoms with Crippen LogP contribution >= 0.6 is 24.4 Å². The Hall–Kier alpha value is -1.15. The predicted molar refractivity (Wildman–Crippen MR) is 86.3 cm³/mol. The zero-order valence-electron chi connectivity index (χ0n) is 11.8. The van der Waals surface area contributed by atoms with Crippen molar-refractivity contribution < 1.29 is 19.7 Å². The van der Waals surface area contributed by atoms with E-state index in [0.29, 0.717) is 13.1 Å². The topological polar surface area (TPSA) is 119 Å². The summed E-state index contributed by atoms with van der Waals surface area (Å²) < 4.78 is 4.39. The first-order chi connectivity index (χ1) is 8.79. The van der Waals surface area contributed by atoms with Crippen LogP contribution in [0.5, 0.6) is 0 Å². The van der Waals surface area contributed by atoms with Gasteiger partial charge < -0.3 is 26.4 Å². The van der Waals surface area contributed by atoms with E-state index in [1.54, 1.807) is 0 Å². The summed E-state index contributed by atoms with van der Waals surface area (Å²) in [5.41, 5.74) is 8.80. The third-order valence-electron chi connectivity index (χ3n) is 1.18. The fourth-order valence-corrected chi connectivity index (χ4v) is 0.276. The molecule has 19 heavy (non-hydrogen) atoms. The highest BCUT2D eigenvalue weighted by molar-refractivity contribution is 7.80. The normalized spacial score (nSPS) is 7.11. The molecule has 0 aliphatic carbocycles. The van der Waals surface area contributed by atoms with Gasteiger partial charge in [0.1, 0.15) is 0 Å². The van der Waals surface area contributed by atoms with Crippen LogP contribution in [-0.4, -0.2) is 33.6 Å². The summed E-state index contributed by atoms with van der Waals surface area (Å²) in [5, 5.41) is 14.1. The molecule has 0 fully saturated rings. The SMILES string of the molecule is CCCC.CCCCOC=O.NC(O)=S.NC(O)=S. The minimum Gasteiger partial charge on any atom is -0.487 e. The standard InChI is InChI=1S/C5H10O2.C4H10.2CH3NOS/c1-2-3-4-7-5-6;1-3-4-2;2*2-1(3)4/h5H,2-4H2,1H3;3-4H2,1-2H3;2*(H3,2,3,4). The van der Waals surface area contributed by atoms with Gasteiger partial charge in [0.25, 0.3) is 16.8 Å². The lowest BCUT2D eigenvalue weighted by molar-refractivity contribution is -0.128. The molecule has 0 bridgehead atoms. The molecule has 0 aliphatic heterocycles. The first kappa shape index (κ1) is 26.4. The van der Waals surface area contributed by atoms with Crippen molar-refractivity contribution >= 4 is 41.3 Å². The maximum absolute atomic E-state index is 9.46. The highest BCUT2D eigenvalue weighted by Gasteiger charge is 1.78. The lowest BCUT2D eigenvalue weighted by atomic mass is 10.4. The second kappa shape index (κ2) is 30.1. The molecule has 0 aromatic carbocycles. The number of unbranched alkanes of at least 4 members (excludes halogenated alkanes) is 2. The van der Waals surface area contributed by atoms with Gasteiger partial charge in [-0.1, -0.05) is 40.0 Å². The van der Waals surface area contributed by atoms with E-state index in [9.17, 15) is 4.79 Å². The van der Waals surface area contributed by atoms with Crippen LogP contribution in [0.3, 0.4) is 0 Å². The summed E-state index contributed by atoms with van der Waals surface area (Å²) in [5.74, 6) is 0. The molecule has 0 unspecified atom stereocenters. The Balaban J connectivity index is -0.0000000825. The average molecular weight is 314 g/mol. The van der Waals surface area contributed by atoms with Crippen molar-refractivity contribution in [2.75, 3.05) is 6.61 Å². The molecular weight excluding hydrogens is 288 g/mol. The lowest BCUT2D eigenvalue weighted by Crippen LogP contribution is -2.03. The summed E-state index contributed by atoms with van der Waals surface area (Å²) in [6.45, 7) is 7.46. The van der Waals surface area contributed by atoms with Gasteiger partial charge in [-0.25, -0.2) is 0 Å². The molecule has 0 atom stereocenters. The van der Waals surface area contributed by atoms with E-state index in [1.807, 2.05) is 6.92 Å².